The molecular weight excluding hydrogens is 477 g/mol. The molecule has 3 heterocycles. The highest BCUT2D eigenvalue weighted by Gasteiger charge is 2.27. The molecule has 0 unspecified atom stereocenters. The number of benzene rings is 2. The van der Waals surface area contributed by atoms with E-state index in [1.54, 1.807) is 37.7 Å². The first-order valence-corrected chi connectivity index (χ1v) is 11.0. The third-order valence-corrected chi connectivity index (χ3v) is 6.07. The quantitative estimate of drug-likeness (QED) is 0.292. The molecule has 0 aliphatic carbocycles. The van der Waals surface area contributed by atoms with E-state index in [0.29, 0.717) is 33.3 Å². The molecule has 3 aromatic heterocycles. The van der Waals surface area contributed by atoms with Gasteiger partial charge in [-0.15, -0.1) is 0 Å². The van der Waals surface area contributed by atoms with Crippen LogP contribution in [0.4, 0.5) is 0 Å². The minimum atomic E-state index is -0.411. The van der Waals surface area contributed by atoms with Gasteiger partial charge >= 0.3 is 0 Å². The number of rotatable bonds is 6. The van der Waals surface area contributed by atoms with Crippen LogP contribution in [0, 0.1) is 6.92 Å². The van der Waals surface area contributed by atoms with Gasteiger partial charge in [-0.3, -0.25) is 4.79 Å². The average molecular weight is 494 g/mol. The lowest BCUT2D eigenvalue weighted by atomic mass is 10.1. The van der Waals surface area contributed by atoms with E-state index in [1.165, 1.54) is 0 Å². The smallest absolute Gasteiger partial charge is 0.299 e. The van der Waals surface area contributed by atoms with E-state index in [0.717, 1.165) is 16.8 Å². The summed E-state index contributed by atoms with van der Waals surface area (Å²) in [5, 5.41) is 5.67. The van der Waals surface area contributed by atoms with Gasteiger partial charge in [0.05, 0.1) is 12.7 Å². The molecule has 5 rings (SSSR count). The lowest BCUT2D eigenvalue weighted by Crippen LogP contribution is -2.07. The Hall–Kier alpha value is -3.75. The van der Waals surface area contributed by atoms with Gasteiger partial charge in [-0.25, -0.2) is 9.97 Å². The molecule has 0 aliphatic heterocycles. The number of methoxy groups -OCH3 is 1. The van der Waals surface area contributed by atoms with Crippen LogP contribution in [0.1, 0.15) is 27.5 Å². The van der Waals surface area contributed by atoms with Crippen molar-refractivity contribution in [2.75, 3.05) is 7.11 Å². The zero-order chi connectivity index (χ0) is 23.8. The molecule has 0 fully saturated rings. The monoisotopic (exact) mass is 493 g/mol. The number of ketones is 1. The number of nitrogens with zero attached hydrogens (tertiary/aromatic N) is 5. The predicted molar refractivity (Wildman–Crippen MR) is 128 cm³/mol. The second kappa shape index (κ2) is 8.89. The Morgan fingerprint density at radius 3 is 2.62 bits per heavy atom. The average Bonchev–Trinajstić information content (AvgIpc) is 3.44. The van der Waals surface area contributed by atoms with Gasteiger partial charge in [-0.2, -0.15) is 4.98 Å². The Bertz CT molecular complexity index is 1530. The Morgan fingerprint density at radius 1 is 1.09 bits per heavy atom. The number of fused-ring (bicyclic) bond motifs is 1. The summed E-state index contributed by atoms with van der Waals surface area (Å²) in [6.45, 7) is 2.30. The molecule has 0 saturated heterocycles. The zero-order valence-corrected chi connectivity index (χ0v) is 19.6. The van der Waals surface area contributed by atoms with Gasteiger partial charge in [0.15, 0.2) is 0 Å². The standard InChI is InChI=1S/C24H17Cl2N5O3/c1-13-20(21(32)24-29-23(30-34-24)22-27-8-3-9-28-22)17-11-16(33-2)6-7-19(17)31(13)12-14-4-5-15(25)10-18(14)26/h3-11H,12H2,1-2H3. The second-order valence-electron chi connectivity index (χ2n) is 7.49. The lowest BCUT2D eigenvalue weighted by molar-refractivity contribution is 0.0994. The second-order valence-corrected chi connectivity index (χ2v) is 8.33. The number of carbonyl (C=O) groups is 1. The highest BCUT2D eigenvalue weighted by Crippen LogP contribution is 2.33. The van der Waals surface area contributed by atoms with Crippen LogP contribution in [-0.2, 0) is 6.54 Å². The molecule has 2 aromatic carbocycles. The molecular formula is C24H17Cl2N5O3. The van der Waals surface area contributed by atoms with Crippen LogP contribution in [0.3, 0.4) is 0 Å². The molecule has 0 aliphatic rings. The fourth-order valence-electron chi connectivity index (χ4n) is 3.83. The molecule has 0 bridgehead atoms. The number of aromatic nitrogens is 5. The van der Waals surface area contributed by atoms with Crippen molar-refractivity contribution >= 4 is 39.9 Å². The Kier molecular flexibility index (Phi) is 5.77. The van der Waals surface area contributed by atoms with E-state index >= 15 is 0 Å². The first kappa shape index (κ1) is 22.1. The van der Waals surface area contributed by atoms with Gasteiger partial charge in [0.2, 0.25) is 11.6 Å². The Labute approximate surface area is 204 Å². The fraction of sp³-hybridized carbons (Fsp3) is 0.125. The van der Waals surface area contributed by atoms with Crippen molar-refractivity contribution in [2.45, 2.75) is 13.5 Å². The molecule has 0 saturated carbocycles. The highest BCUT2D eigenvalue weighted by atomic mass is 35.5. The SMILES string of the molecule is COc1ccc2c(c1)c(C(=O)c1nc(-c3ncccn3)no1)c(C)n2Cc1ccc(Cl)cc1Cl. The molecule has 170 valence electrons. The van der Waals surface area contributed by atoms with Gasteiger partial charge in [0, 0.05) is 45.6 Å². The summed E-state index contributed by atoms with van der Waals surface area (Å²) in [6, 6.07) is 12.6. The van der Waals surface area contributed by atoms with Crippen LogP contribution in [0.15, 0.2) is 59.4 Å². The van der Waals surface area contributed by atoms with Gasteiger partial charge < -0.3 is 13.8 Å². The Morgan fingerprint density at radius 2 is 1.88 bits per heavy atom. The molecule has 0 atom stereocenters. The van der Waals surface area contributed by atoms with E-state index in [2.05, 4.69) is 20.1 Å². The van der Waals surface area contributed by atoms with Gasteiger partial charge in [0.1, 0.15) is 5.75 Å². The number of carbonyl (C=O) groups excluding carboxylic acids is 1. The first-order chi connectivity index (χ1) is 16.5. The molecule has 5 aromatic rings. The maximum Gasteiger partial charge on any atom is 0.299 e. The van der Waals surface area contributed by atoms with Crippen molar-refractivity contribution in [3.63, 3.8) is 0 Å². The molecule has 10 heteroatoms. The summed E-state index contributed by atoms with van der Waals surface area (Å²) in [6.07, 6.45) is 3.12. The maximum atomic E-state index is 13.6. The van der Waals surface area contributed by atoms with Crippen LogP contribution in [0.25, 0.3) is 22.6 Å². The summed E-state index contributed by atoms with van der Waals surface area (Å²) in [5.41, 5.74) is 2.85. The summed E-state index contributed by atoms with van der Waals surface area (Å²) < 4.78 is 12.7. The van der Waals surface area contributed by atoms with E-state index < -0.39 is 5.78 Å². The van der Waals surface area contributed by atoms with Crippen molar-refractivity contribution in [1.82, 2.24) is 24.7 Å². The van der Waals surface area contributed by atoms with Crippen LogP contribution in [0.2, 0.25) is 10.0 Å². The van der Waals surface area contributed by atoms with Crippen LogP contribution >= 0.6 is 23.2 Å². The van der Waals surface area contributed by atoms with E-state index in [4.69, 9.17) is 32.5 Å². The number of halogens is 2. The number of hydrogen-bond donors (Lipinski definition) is 0. The zero-order valence-electron chi connectivity index (χ0n) is 18.1. The van der Waals surface area contributed by atoms with Crippen molar-refractivity contribution in [3.05, 3.63) is 87.6 Å². The van der Waals surface area contributed by atoms with Gasteiger partial charge in [0.25, 0.3) is 11.7 Å². The summed E-state index contributed by atoms with van der Waals surface area (Å²) >= 11 is 12.5. The molecule has 8 nitrogen and oxygen atoms in total. The van der Waals surface area contributed by atoms with Crippen molar-refractivity contribution in [2.24, 2.45) is 0 Å². The highest BCUT2D eigenvalue weighted by molar-refractivity contribution is 6.35. The van der Waals surface area contributed by atoms with Crippen LogP contribution < -0.4 is 4.74 Å². The summed E-state index contributed by atoms with van der Waals surface area (Å²) in [7, 11) is 1.57. The predicted octanol–water partition coefficient (Wildman–Crippen LogP) is 5.38. The van der Waals surface area contributed by atoms with E-state index in [1.807, 2.05) is 35.8 Å². The van der Waals surface area contributed by atoms with Gasteiger partial charge in [-0.1, -0.05) is 34.4 Å². The third-order valence-electron chi connectivity index (χ3n) is 5.49. The Balaban J connectivity index is 1.62. The topological polar surface area (TPSA) is 95.9 Å². The molecule has 34 heavy (non-hydrogen) atoms. The van der Waals surface area contributed by atoms with Crippen LogP contribution in [0.5, 0.6) is 5.75 Å². The minimum absolute atomic E-state index is 0.135. The van der Waals surface area contributed by atoms with E-state index in [9.17, 15) is 4.79 Å². The molecule has 0 N–H and O–H groups in total. The first-order valence-electron chi connectivity index (χ1n) is 10.2. The van der Waals surface area contributed by atoms with Crippen molar-refractivity contribution < 1.29 is 14.1 Å². The maximum absolute atomic E-state index is 13.6. The fourth-order valence-corrected chi connectivity index (χ4v) is 4.30. The number of ether oxygens (including phenoxy) is 1. The van der Waals surface area contributed by atoms with Crippen molar-refractivity contribution in [3.8, 4) is 17.4 Å². The minimum Gasteiger partial charge on any atom is -0.497 e. The van der Waals surface area contributed by atoms with Crippen LogP contribution in [-0.4, -0.2) is 37.6 Å². The summed E-state index contributed by atoms with van der Waals surface area (Å²) in [5.74, 6) is 0.454. The lowest BCUT2D eigenvalue weighted by Gasteiger charge is -2.11. The third kappa shape index (κ3) is 3.91. The molecule has 0 amide bonds. The van der Waals surface area contributed by atoms with Crippen molar-refractivity contribution in [1.29, 1.82) is 0 Å². The summed E-state index contributed by atoms with van der Waals surface area (Å²) in [4.78, 5) is 26.0. The number of hydrogen-bond acceptors (Lipinski definition) is 7. The molecule has 0 radical (unpaired) electrons. The normalized spacial score (nSPS) is 11.2. The van der Waals surface area contributed by atoms with Gasteiger partial charge in [-0.05, 0) is 48.9 Å². The largest absolute Gasteiger partial charge is 0.497 e. The van der Waals surface area contributed by atoms with E-state index in [-0.39, 0.29) is 17.5 Å². The molecule has 0 spiro atoms.